The standard InChI is InChI=1S/C15H29NO2/c1-2-6-14(17)12-16-13-7-10-18-15(11-13)8-4-3-5-9-15/h13-14,16-17H,2-12H2,1H3. The van der Waals surface area contributed by atoms with Gasteiger partial charge < -0.3 is 15.2 Å². The third-order valence-corrected chi connectivity index (χ3v) is 4.52. The van der Waals surface area contributed by atoms with Crippen molar-refractivity contribution in [2.45, 2.75) is 82.5 Å². The summed E-state index contributed by atoms with van der Waals surface area (Å²) in [7, 11) is 0. The summed E-state index contributed by atoms with van der Waals surface area (Å²) in [5.74, 6) is 0. The van der Waals surface area contributed by atoms with Crippen LogP contribution < -0.4 is 5.32 Å². The SMILES string of the molecule is CCCC(O)CNC1CCOC2(CCCCC2)C1. The van der Waals surface area contributed by atoms with Gasteiger partial charge in [-0.05, 0) is 32.1 Å². The van der Waals surface area contributed by atoms with Gasteiger partial charge in [0.2, 0.25) is 0 Å². The van der Waals surface area contributed by atoms with Crippen molar-refractivity contribution in [3.63, 3.8) is 0 Å². The lowest BCUT2D eigenvalue weighted by atomic mass is 9.78. The average molecular weight is 255 g/mol. The molecule has 3 nitrogen and oxygen atoms in total. The summed E-state index contributed by atoms with van der Waals surface area (Å²) in [6.45, 7) is 3.75. The summed E-state index contributed by atoms with van der Waals surface area (Å²) >= 11 is 0. The molecule has 2 rings (SSSR count). The van der Waals surface area contributed by atoms with E-state index in [0.717, 1.165) is 38.8 Å². The monoisotopic (exact) mass is 255 g/mol. The average Bonchev–Trinajstić information content (AvgIpc) is 2.38. The second kappa shape index (κ2) is 6.88. The minimum Gasteiger partial charge on any atom is -0.392 e. The van der Waals surface area contributed by atoms with Crippen LogP contribution in [0.1, 0.15) is 64.7 Å². The smallest absolute Gasteiger partial charge is 0.0697 e. The van der Waals surface area contributed by atoms with Crippen LogP contribution in [0, 0.1) is 0 Å². The summed E-state index contributed by atoms with van der Waals surface area (Å²) in [5.41, 5.74) is 0.171. The molecule has 106 valence electrons. The third-order valence-electron chi connectivity index (χ3n) is 4.52. The van der Waals surface area contributed by atoms with Crippen molar-refractivity contribution >= 4 is 0 Å². The Kier molecular flexibility index (Phi) is 5.46. The molecule has 0 amide bonds. The van der Waals surface area contributed by atoms with E-state index < -0.39 is 0 Å². The quantitative estimate of drug-likeness (QED) is 0.793. The first-order valence-electron chi connectivity index (χ1n) is 7.79. The van der Waals surface area contributed by atoms with Crippen molar-refractivity contribution in [1.29, 1.82) is 0 Å². The van der Waals surface area contributed by atoms with Crippen molar-refractivity contribution < 1.29 is 9.84 Å². The molecule has 1 spiro atoms. The van der Waals surface area contributed by atoms with Crippen LogP contribution in [0.3, 0.4) is 0 Å². The first kappa shape index (κ1) is 14.3. The largest absolute Gasteiger partial charge is 0.392 e. The summed E-state index contributed by atoms with van der Waals surface area (Å²) in [5, 5.41) is 13.3. The van der Waals surface area contributed by atoms with Crippen LogP contribution in [0.2, 0.25) is 0 Å². The lowest BCUT2D eigenvalue weighted by molar-refractivity contribution is -0.109. The highest BCUT2D eigenvalue weighted by atomic mass is 16.5. The number of aliphatic hydroxyl groups excluding tert-OH is 1. The number of hydrogen-bond donors (Lipinski definition) is 2. The van der Waals surface area contributed by atoms with Crippen LogP contribution >= 0.6 is 0 Å². The fourth-order valence-electron chi connectivity index (χ4n) is 3.48. The van der Waals surface area contributed by atoms with Crippen LogP contribution in [0.5, 0.6) is 0 Å². The predicted molar refractivity (Wildman–Crippen MR) is 73.7 cm³/mol. The number of nitrogens with one attached hydrogen (secondary N) is 1. The van der Waals surface area contributed by atoms with E-state index in [1.54, 1.807) is 0 Å². The van der Waals surface area contributed by atoms with Gasteiger partial charge in [-0.1, -0.05) is 32.6 Å². The van der Waals surface area contributed by atoms with Gasteiger partial charge in [0.05, 0.1) is 11.7 Å². The van der Waals surface area contributed by atoms with Crippen molar-refractivity contribution in [2.24, 2.45) is 0 Å². The number of ether oxygens (including phenoxy) is 1. The van der Waals surface area contributed by atoms with E-state index in [1.807, 2.05) is 0 Å². The van der Waals surface area contributed by atoms with Crippen molar-refractivity contribution in [1.82, 2.24) is 5.32 Å². The Morgan fingerprint density at radius 3 is 2.83 bits per heavy atom. The predicted octanol–water partition coefficient (Wildman–Crippen LogP) is 2.62. The zero-order chi connectivity index (χ0) is 12.8. The number of aliphatic hydroxyl groups is 1. The molecular formula is C15H29NO2. The Hall–Kier alpha value is -0.120. The summed E-state index contributed by atoms with van der Waals surface area (Å²) < 4.78 is 6.09. The first-order valence-corrected chi connectivity index (χ1v) is 7.79. The highest BCUT2D eigenvalue weighted by Crippen LogP contribution is 2.38. The fraction of sp³-hybridized carbons (Fsp3) is 1.00. The van der Waals surface area contributed by atoms with Gasteiger partial charge in [0.15, 0.2) is 0 Å². The molecule has 18 heavy (non-hydrogen) atoms. The van der Waals surface area contributed by atoms with E-state index in [4.69, 9.17) is 4.74 Å². The summed E-state index contributed by atoms with van der Waals surface area (Å²) in [6, 6.07) is 0.545. The van der Waals surface area contributed by atoms with Crippen molar-refractivity contribution in [3.05, 3.63) is 0 Å². The first-order chi connectivity index (χ1) is 8.74. The van der Waals surface area contributed by atoms with Crippen LogP contribution in [-0.4, -0.2) is 36.0 Å². The molecule has 1 aliphatic carbocycles. The van der Waals surface area contributed by atoms with Gasteiger partial charge in [-0.3, -0.25) is 0 Å². The van der Waals surface area contributed by atoms with Gasteiger partial charge in [0.1, 0.15) is 0 Å². The van der Waals surface area contributed by atoms with Gasteiger partial charge in [0, 0.05) is 19.2 Å². The Labute approximate surface area is 111 Å². The van der Waals surface area contributed by atoms with E-state index in [9.17, 15) is 5.11 Å². The molecule has 0 bridgehead atoms. The summed E-state index contributed by atoms with van der Waals surface area (Å²) in [6.07, 6.45) is 10.5. The maximum Gasteiger partial charge on any atom is 0.0697 e. The highest BCUT2D eigenvalue weighted by molar-refractivity contribution is 4.92. The molecule has 1 saturated carbocycles. The van der Waals surface area contributed by atoms with Gasteiger partial charge in [-0.2, -0.15) is 0 Å². The van der Waals surface area contributed by atoms with Crippen LogP contribution in [-0.2, 0) is 4.74 Å². The van der Waals surface area contributed by atoms with Crippen molar-refractivity contribution in [2.75, 3.05) is 13.2 Å². The lowest BCUT2D eigenvalue weighted by Crippen LogP contribution is -2.49. The Morgan fingerprint density at radius 2 is 2.11 bits per heavy atom. The van der Waals surface area contributed by atoms with Crippen LogP contribution in [0.15, 0.2) is 0 Å². The second-order valence-corrected chi connectivity index (χ2v) is 6.13. The topological polar surface area (TPSA) is 41.5 Å². The summed E-state index contributed by atoms with van der Waals surface area (Å²) in [4.78, 5) is 0. The molecule has 0 radical (unpaired) electrons. The maximum absolute atomic E-state index is 9.79. The van der Waals surface area contributed by atoms with E-state index >= 15 is 0 Å². The molecular weight excluding hydrogens is 226 g/mol. The Balaban J connectivity index is 1.76. The minimum atomic E-state index is -0.180. The second-order valence-electron chi connectivity index (χ2n) is 6.13. The fourth-order valence-corrected chi connectivity index (χ4v) is 3.48. The molecule has 2 aliphatic rings. The highest BCUT2D eigenvalue weighted by Gasteiger charge is 2.38. The van der Waals surface area contributed by atoms with E-state index in [1.165, 1.54) is 32.1 Å². The Bertz CT molecular complexity index is 233. The lowest BCUT2D eigenvalue weighted by Gasteiger charge is -2.44. The molecule has 2 unspecified atom stereocenters. The van der Waals surface area contributed by atoms with Gasteiger partial charge >= 0.3 is 0 Å². The molecule has 2 N–H and O–H groups in total. The van der Waals surface area contributed by atoms with Gasteiger partial charge in [-0.15, -0.1) is 0 Å². The maximum atomic E-state index is 9.79. The zero-order valence-corrected chi connectivity index (χ0v) is 11.8. The molecule has 0 aromatic carbocycles. The minimum absolute atomic E-state index is 0.171. The molecule has 1 heterocycles. The van der Waals surface area contributed by atoms with Crippen molar-refractivity contribution in [3.8, 4) is 0 Å². The molecule has 1 saturated heterocycles. The van der Waals surface area contributed by atoms with Crippen LogP contribution in [0.4, 0.5) is 0 Å². The van der Waals surface area contributed by atoms with Crippen LogP contribution in [0.25, 0.3) is 0 Å². The van der Waals surface area contributed by atoms with E-state index in [0.29, 0.717) is 6.04 Å². The molecule has 1 aliphatic heterocycles. The van der Waals surface area contributed by atoms with E-state index in [-0.39, 0.29) is 11.7 Å². The molecule has 2 atom stereocenters. The molecule has 0 aromatic rings. The number of hydrogen-bond acceptors (Lipinski definition) is 3. The number of rotatable bonds is 5. The van der Waals surface area contributed by atoms with Gasteiger partial charge in [-0.25, -0.2) is 0 Å². The molecule has 0 aromatic heterocycles. The van der Waals surface area contributed by atoms with E-state index in [2.05, 4.69) is 12.2 Å². The van der Waals surface area contributed by atoms with Gasteiger partial charge in [0.25, 0.3) is 0 Å². The normalized spacial score (nSPS) is 29.3. The Morgan fingerprint density at radius 1 is 1.33 bits per heavy atom. The third kappa shape index (κ3) is 3.94. The molecule has 2 fully saturated rings. The zero-order valence-electron chi connectivity index (χ0n) is 11.8. The molecule has 3 heteroatoms.